The maximum Gasteiger partial charge on any atom is 0.213 e. The smallest absolute Gasteiger partial charge is 0.213 e. The maximum atomic E-state index is 4.73. The van der Waals surface area contributed by atoms with Crippen LogP contribution in [0.25, 0.3) is 0 Å². The number of aromatic nitrogens is 2. The number of hydrogen-bond donors (Lipinski definition) is 1. The molecule has 0 unspecified atom stereocenters. The van der Waals surface area contributed by atoms with Gasteiger partial charge < -0.3 is 4.52 Å². The first-order valence-corrected chi connectivity index (χ1v) is 7.25. The summed E-state index contributed by atoms with van der Waals surface area (Å²) in [6, 6.07) is 8.60. The quantitative estimate of drug-likeness (QED) is 0.778. The van der Waals surface area contributed by atoms with Gasteiger partial charge in [0.25, 0.3) is 0 Å². The molecule has 0 spiro atoms. The highest BCUT2D eigenvalue weighted by molar-refractivity contribution is 7.11. The van der Waals surface area contributed by atoms with Crippen LogP contribution < -0.4 is 5.32 Å². The van der Waals surface area contributed by atoms with Crippen LogP contribution in [0.3, 0.4) is 0 Å². The molecular weight excluding hydrogens is 266 g/mol. The second-order valence-corrected chi connectivity index (χ2v) is 5.65. The Kier molecular flexibility index (Phi) is 3.49. The van der Waals surface area contributed by atoms with Crippen molar-refractivity contribution in [1.82, 2.24) is 15.5 Å². The van der Waals surface area contributed by atoms with E-state index in [9.17, 15) is 0 Å². The molecule has 4 nitrogen and oxygen atoms in total. The molecule has 0 atom stereocenters. The zero-order valence-corrected chi connectivity index (χ0v) is 11.1. The summed E-state index contributed by atoms with van der Waals surface area (Å²) >= 11 is 3.49. The summed E-state index contributed by atoms with van der Waals surface area (Å²) in [6.45, 7) is 0.594. The molecule has 3 heterocycles. The molecule has 0 aliphatic rings. The zero-order valence-electron chi connectivity index (χ0n) is 9.45. The van der Waals surface area contributed by atoms with E-state index in [2.05, 4.69) is 50.5 Å². The van der Waals surface area contributed by atoms with Crippen molar-refractivity contribution in [2.75, 3.05) is 0 Å². The van der Waals surface area contributed by atoms with Crippen molar-refractivity contribution in [1.29, 1.82) is 0 Å². The number of thiophene rings is 2. The van der Waals surface area contributed by atoms with E-state index in [1.165, 1.54) is 16.1 Å². The van der Waals surface area contributed by atoms with Gasteiger partial charge in [-0.05, 0) is 22.9 Å². The standard InChI is InChI=1S/C12H11N3OS2/c1-3-9(17-5-1)12(10-4-2-6-18-10)13-7-11-14-8-16-15-11/h1-6,8,12-13H,7H2. The summed E-state index contributed by atoms with van der Waals surface area (Å²) in [5.74, 6) is 0.674. The third-order valence-electron chi connectivity index (χ3n) is 2.53. The SMILES string of the molecule is c1csc(C(NCc2ncon2)c2cccs2)c1. The number of nitrogens with zero attached hydrogens (tertiary/aromatic N) is 2. The Balaban J connectivity index is 1.78. The summed E-state index contributed by atoms with van der Waals surface area (Å²) < 4.78 is 4.73. The normalized spacial score (nSPS) is 11.2. The van der Waals surface area contributed by atoms with Gasteiger partial charge in [0.1, 0.15) is 0 Å². The summed E-state index contributed by atoms with van der Waals surface area (Å²) in [5.41, 5.74) is 0. The molecule has 0 saturated carbocycles. The Morgan fingerprint density at radius 3 is 2.39 bits per heavy atom. The Morgan fingerprint density at radius 1 is 1.17 bits per heavy atom. The molecule has 0 radical (unpaired) electrons. The highest BCUT2D eigenvalue weighted by Gasteiger charge is 2.16. The van der Waals surface area contributed by atoms with Gasteiger partial charge in [-0.2, -0.15) is 4.98 Å². The van der Waals surface area contributed by atoms with Crippen molar-refractivity contribution in [2.24, 2.45) is 0 Å². The summed E-state index contributed by atoms with van der Waals surface area (Å²) in [7, 11) is 0. The Labute approximate surface area is 112 Å². The Hall–Kier alpha value is -1.50. The van der Waals surface area contributed by atoms with E-state index in [1.54, 1.807) is 22.7 Å². The van der Waals surface area contributed by atoms with Crippen LogP contribution in [0.4, 0.5) is 0 Å². The molecule has 0 amide bonds. The van der Waals surface area contributed by atoms with Gasteiger partial charge in [-0.15, -0.1) is 22.7 Å². The van der Waals surface area contributed by atoms with Gasteiger partial charge in [-0.25, -0.2) is 0 Å². The van der Waals surface area contributed by atoms with Gasteiger partial charge in [0, 0.05) is 9.75 Å². The number of hydrogen-bond acceptors (Lipinski definition) is 6. The van der Waals surface area contributed by atoms with Gasteiger partial charge in [0.05, 0.1) is 12.6 Å². The van der Waals surface area contributed by atoms with E-state index >= 15 is 0 Å². The van der Waals surface area contributed by atoms with E-state index in [0.29, 0.717) is 12.4 Å². The molecule has 0 bridgehead atoms. The molecule has 0 aromatic carbocycles. The average Bonchev–Trinajstić information content (AvgIpc) is 3.14. The average molecular weight is 277 g/mol. The van der Waals surface area contributed by atoms with Crippen LogP contribution in [-0.2, 0) is 6.54 Å². The first kappa shape index (κ1) is 11.6. The van der Waals surface area contributed by atoms with Crippen molar-refractivity contribution >= 4 is 22.7 Å². The van der Waals surface area contributed by atoms with Crippen LogP contribution in [0.1, 0.15) is 21.6 Å². The lowest BCUT2D eigenvalue weighted by molar-refractivity contribution is 0.406. The van der Waals surface area contributed by atoms with Gasteiger partial charge in [-0.3, -0.25) is 5.32 Å². The highest BCUT2D eigenvalue weighted by atomic mass is 32.1. The predicted molar refractivity (Wildman–Crippen MR) is 71.6 cm³/mol. The van der Waals surface area contributed by atoms with Crippen molar-refractivity contribution in [3.8, 4) is 0 Å². The Morgan fingerprint density at radius 2 is 1.89 bits per heavy atom. The molecule has 3 aromatic rings. The van der Waals surface area contributed by atoms with E-state index in [4.69, 9.17) is 4.52 Å². The van der Waals surface area contributed by atoms with E-state index < -0.39 is 0 Å². The third kappa shape index (κ3) is 2.50. The Bertz CT molecular complexity index is 526. The molecular formula is C12H11N3OS2. The number of rotatable bonds is 5. The molecule has 92 valence electrons. The lowest BCUT2D eigenvalue weighted by Gasteiger charge is -2.14. The second kappa shape index (κ2) is 5.43. The lowest BCUT2D eigenvalue weighted by atomic mass is 10.2. The molecule has 18 heavy (non-hydrogen) atoms. The predicted octanol–water partition coefficient (Wildman–Crippen LogP) is 3.07. The second-order valence-electron chi connectivity index (χ2n) is 3.69. The van der Waals surface area contributed by atoms with Crippen LogP contribution in [0, 0.1) is 0 Å². The third-order valence-corrected chi connectivity index (χ3v) is 4.40. The van der Waals surface area contributed by atoms with Gasteiger partial charge in [0.15, 0.2) is 5.82 Å². The van der Waals surface area contributed by atoms with Crippen molar-refractivity contribution in [3.05, 3.63) is 57.0 Å². The first-order valence-electron chi connectivity index (χ1n) is 5.49. The van der Waals surface area contributed by atoms with E-state index in [0.717, 1.165) is 0 Å². The summed E-state index contributed by atoms with van der Waals surface area (Å²) in [6.07, 6.45) is 1.35. The van der Waals surface area contributed by atoms with Gasteiger partial charge in [0.2, 0.25) is 6.39 Å². The maximum absolute atomic E-state index is 4.73. The molecule has 3 aromatic heterocycles. The highest BCUT2D eigenvalue weighted by Crippen LogP contribution is 2.29. The molecule has 0 aliphatic carbocycles. The molecule has 6 heteroatoms. The fraction of sp³-hybridized carbons (Fsp3) is 0.167. The van der Waals surface area contributed by atoms with E-state index in [-0.39, 0.29) is 6.04 Å². The van der Waals surface area contributed by atoms with Gasteiger partial charge in [-0.1, -0.05) is 17.3 Å². The monoisotopic (exact) mass is 277 g/mol. The van der Waals surface area contributed by atoms with Crippen LogP contribution >= 0.6 is 22.7 Å². The summed E-state index contributed by atoms with van der Waals surface area (Å²) in [5, 5.41) is 11.5. The summed E-state index contributed by atoms with van der Waals surface area (Å²) in [4.78, 5) is 6.60. The van der Waals surface area contributed by atoms with Crippen molar-refractivity contribution in [3.63, 3.8) is 0 Å². The van der Waals surface area contributed by atoms with E-state index in [1.807, 2.05) is 0 Å². The fourth-order valence-electron chi connectivity index (χ4n) is 1.72. The molecule has 0 fully saturated rings. The molecule has 0 aliphatic heterocycles. The topological polar surface area (TPSA) is 51.0 Å². The van der Waals surface area contributed by atoms with Gasteiger partial charge >= 0.3 is 0 Å². The lowest BCUT2D eigenvalue weighted by Crippen LogP contribution is -2.21. The van der Waals surface area contributed by atoms with Crippen LogP contribution in [-0.4, -0.2) is 10.1 Å². The minimum absolute atomic E-state index is 0.198. The minimum Gasteiger partial charge on any atom is -0.343 e. The van der Waals surface area contributed by atoms with Crippen molar-refractivity contribution < 1.29 is 4.52 Å². The fourth-order valence-corrected chi connectivity index (χ4v) is 3.43. The molecule has 3 rings (SSSR count). The largest absolute Gasteiger partial charge is 0.343 e. The van der Waals surface area contributed by atoms with Crippen LogP contribution in [0.5, 0.6) is 0 Å². The molecule has 0 saturated heterocycles. The molecule has 1 N–H and O–H groups in total. The van der Waals surface area contributed by atoms with Crippen molar-refractivity contribution in [2.45, 2.75) is 12.6 Å². The first-order chi connectivity index (χ1) is 8.93. The number of nitrogens with one attached hydrogen (secondary N) is 1. The van der Waals surface area contributed by atoms with Crippen LogP contribution in [0.15, 0.2) is 45.9 Å². The van der Waals surface area contributed by atoms with Crippen LogP contribution in [0.2, 0.25) is 0 Å². The zero-order chi connectivity index (χ0) is 12.2. The minimum atomic E-state index is 0.198.